The molecule has 0 bridgehead atoms. The van der Waals surface area contributed by atoms with Crippen LogP contribution in [0.15, 0.2) is 17.1 Å². The molecular formula is C11H13N3O4S. The number of amides is 1. The lowest BCUT2D eigenvalue weighted by Gasteiger charge is -2.46. The first-order valence-electron chi connectivity index (χ1n) is 5.84. The van der Waals surface area contributed by atoms with Crippen molar-refractivity contribution in [1.82, 2.24) is 9.58 Å². The van der Waals surface area contributed by atoms with Gasteiger partial charge in [-0.3, -0.25) is 19.3 Å². The largest absolute Gasteiger partial charge is 0.422 e. The third kappa shape index (κ3) is 1.71. The van der Waals surface area contributed by atoms with E-state index in [9.17, 15) is 9.59 Å². The second-order valence-electron chi connectivity index (χ2n) is 4.42. The number of ether oxygens (including phenoxy) is 1. The quantitative estimate of drug-likeness (QED) is 0.553. The fourth-order valence-electron chi connectivity index (χ4n) is 2.47. The number of aromatic nitrogens is 1. The summed E-state index contributed by atoms with van der Waals surface area (Å²) in [6, 6.07) is 1.35. The molecule has 1 amide bonds. The lowest BCUT2D eigenvalue weighted by Crippen LogP contribution is -2.64. The maximum absolute atomic E-state index is 12.5. The Labute approximate surface area is 114 Å². The van der Waals surface area contributed by atoms with E-state index in [1.54, 1.807) is 15.8 Å². The Balaban J connectivity index is 2.19. The zero-order chi connectivity index (χ0) is 13.6. The van der Waals surface area contributed by atoms with Crippen LogP contribution in [0.4, 0.5) is 0 Å². The number of carbonyl (C=O) groups is 1. The first kappa shape index (κ1) is 12.4. The van der Waals surface area contributed by atoms with Gasteiger partial charge in [0.15, 0.2) is 5.69 Å². The van der Waals surface area contributed by atoms with Gasteiger partial charge in [0.05, 0.1) is 13.2 Å². The summed E-state index contributed by atoms with van der Waals surface area (Å²) in [7, 11) is 1.83. The number of hydrogen-bond donors (Lipinski definition) is 1. The summed E-state index contributed by atoms with van der Waals surface area (Å²) in [5.41, 5.74) is -0.169. The van der Waals surface area contributed by atoms with Gasteiger partial charge in [0.25, 0.3) is 5.91 Å². The van der Waals surface area contributed by atoms with Crippen molar-refractivity contribution in [3.8, 4) is 5.75 Å². The van der Waals surface area contributed by atoms with Gasteiger partial charge in [-0.1, -0.05) is 0 Å². The van der Waals surface area contributed by atoms with Crippen molar-refractivity contribution in [2.24, 2.45) is 0 Å². The molecule has 0 N–H and O–H groups in total. The van der Waals surface area contributed by atoms with Crippen LogP contribution in [0, 0.1) is 0 Å². The molecule has 7 nitrogen and oxygen atoms in total. The molecule has 1 saturated heterocycles. The summed E-state index contributed by atoms with van der Waals surface area (Å²) in [6.07, 6.45) is 1.38. The summed E-state index contributed by atoms with van der Waals surface area (Å²) in [5, 5.41) is 1.84. The normalized spacial score (nSPS) is 22.0. The molecule has 1 aromatic heterocycles. The van der Waals surface area contributed by atoms with E-state index < -0.39 is 0 Å². The van der Waals surface area contributed by atoms with Gasteiger partial charge in [0.2, 0.25) is 11.2 Å². The maximum atomic E-state index is 12.5. The minimum atomic E-state index is -0.366. The Kier molecular flexibility index (Phi) is 2.90. The van der Waals surface area contributed by atoms with E-state index >= 15 is 0 Å². The molecule has 1 atom stereocenters. The van der Waals surface area contributed by atoms with Crippen LogP contribution in [-0.4, -0.2) is 48.5 Å². The van der Waals surface area contributed by atoms with Crippen molar-refractivity contribution in [3.63, 3.8) is 0 Å². The number of nitrogens with zero attached hydrogens (tertiary/aromatic N) is 3. The predicted molar refractivity (Wildman–Crippen MR) is 70.1 cm³/mol. The molecule has 1 unspecified atom stereocenters. The van der Waals surface area contributed by atoms with Crippen LogP contribution in [0.1, 0.15) is 10.5 Å². The molecule has 3 rings (SSSR count). The van der Waals surface area contributed by atoms with Crippen molar-refractivity contribution in [1.29, 1.82) is 0 Å². The summed E-state index contributed by atoms with van der Waals surface area (Å²) >= 11 is 3.67. The van der Waals surface area contributed by atoms with Gasteiger partial charge in [-0.05, 0) is 0 Å². The van der Waals surface area contributed by atoms with Crippen molar-refractivity contribution < 1.29 is 13.7 Å². The molecule has 102 valence electrons. The van der Waals surface area contributed by atoms with Gasteiger partial charge >= 0.3 is 0 Å². The Bertz CT molecular complexity index is 588. The predicted octanol–water partition coefficient (Wildman–Crippen LogP) is -0.548. The average Bonchev–Trinajstić information content (AvgIpc) is 2.44. The molecule has 2 aliphatic rings. The fourth-order valence-corrected chi connectivity index (χ4v) is 2.65. The highest BCUT2D eigenvalue weighted by Crippen LogP contribution is 2.25. The van der Waals surface area contributed by atoms with Crippen LogP contribution in [0.3, 0.4) is 0 Å². The molecule has 19 heavy (non-hydrogen) atoms. The highest BCUT2D eigenvalue weighted by atomic mass is 32.1. The summed E-state index contributed by atoms with van der Waals surface area (Å²) in [4.78, 5) is 25.9. The van der Waals surface area contributed by atoms with Gasteiger partial charge in [-0.25, -0.2) is 0 Å². The summed E-state index contributed by atoms with van der Waals surface area (Å²) in [5.74, 6) is -0.291. The number of hydrogen-bond acceptors (Lipinski definition) is 6. The number of thiol groups is 1. The highest BCUT2D eigenvalue weighted by Gasteiger charge is 2.39. The number of morpholine rings is 1. The van der Waals surface area contributed by atoms with Gasteiger partial charge in [0.1, 0.15) is 6.17 Å². The van der Waals surface area contributed by atoms with Crippen LogP contribution >= 0.6 is 12.9 Å². The van der Waals surface area contributed by atoms with E-state index in [1.165, 1.54) is 6.07 Å². The highest BCUT2D eigenvalue weighted by molar-refractivity contribution is 7.75. The molecule has 0 aromatic carbocycles. The van der Waals surface area contributed by atoms with Crippen LogP contribution in [0.25, 0.3) is 0 Å². The van der Waals surface area contributed by atoms with E-state index in [2.05, 4.69) is 12.9 Å². The monoisotopic (exact) mass is 283 g/mol. The molecule has 0 aliphatic carbocycles. The maximum Gasteiger partial charge on any atom is 0.278 e. The van der Waals surface area contributed by atoms with Gasteiger partial charge in [-0.2, -0.15) is 0 Å². The first-order valence-corrected chi connectivity index (χ1v) is 6.20. The van der Waals surface area contributed by atoms with Gasteiger partial charge < -0.3 is 13.8 Å². The SMILES string of the molecule is CN1C2COCCN2C(=O)c2c(OS)c(=O)ccn21. The average molecular weight is 283 g/mol. The lowest BCUT2D eigenvalue weighted by molar-refractivity contribution is -0.0147. The third-order valence-corrected chi connectivity index (χ3v) is 3.65. The van der Waals surface area contributed by atoms with Crippen LogP contribution in [0.5, 0.6) is 5.75 Å². The summed E-state index contributed by atoms with van der Waals surface area (Å²) in [6.45, 7) is 1.41. The Morgan fingerprint density at radius 2 is 2.26 bits per heavy atom. The van der Waals surface area contributed by atoms with E-state index in [0.717, 1.165) is 0 Å². The second kappa shape index (κ2) is 4.46. The number of carbonyl (C=O) groups excluding carboxylic acids is 1. The molecule has 0 spiro atoms. The van der Waals surface area contributed by atoms with Crippen molar-refractivity contribution >= 4 is 18.8 Å². The molecule has 3 heterocycles. The minimum Gasteiger partial charge on any atom is -0.422 e. The molecule has 0 radical (unpaired) electrons. The topological polar surface area (TPSA) is 64.0 Å². The molecule has 1 fully saturated rings. The van der Waals surface area contributed by atoms with Gasteiger partial charge in [0, 0.05) is 38.8 Å². The molecule has 1 aromatic rings. The van der Waals surface area contributed by atoms with Crippen LogP contribution in [-0.2, 0) is 4.74 Å². The minimum absolute atomic E-state index is 0.0485. The zero-order valence-electron chi connectivity index (χ0n) is 10.3. The van der Waals surface area contributed by atoms with Crippen molar-refractivity contribution in [2.45, 2.75) is 6.17 Å². The smallest absolute Gasteiger partial charge is 0.278 e. The Morgan fingerprint density at radius 3 is 3.00 bits per heavy atom. The first-order chi connectivity index (χ1) is 9.15. The van der Waals surface area contributed by atoms with Crippen molar-refractivity contribution in [2.75, 3.05) is 31.8 Å². The standard InChI is InChI=1S/C11H13N3O4S/c1-12-8-6-17-5-4-13(8)11(16)9-10(18-19)7(15)2-3-14(9)12/h2-3,8,19H,4-6H2,1H3. The fraction of sp³-hybridized carbons (Fsp3) is 0.455. The molecule has 2 aliphatic heterocycles. The molecule has 8 heteroatoms. The second-order valence-corrected chi connectivity index (χ2v) is 4.60. The summed E-state index contributed by atoms with van der Waals surface area (Å²) < 4.78 is 11.8. The molecule has 0 saturated carbocycles. The number of fused-ring (bicyclic) bond motifs is 2. The van der Waals surface area contributed by atoms with Crippen LogP contribution < -0.4 is 14.6 Å². The zero-order valence-corrected chi connectivity index (χ0v) is 11.2. The van der Waals surface area contributed by atoms with Crippen LogP contribution in [0.2, 0.25) is 0 Å². The Morgan fingerprint density at radius 1 is 1.47 bits per heavy atom. The van der Waals surface area contributed by atoms with E-state index in [0.29, 0.717) is 19.8 Å². The van der Waals surface area contributed by atoms with Crippen molar-refractivity contribution in [3.05, 3.63) is 28.2 Å². The lowest BCUT2D eigenvalue weighted by atomic mass is 10.2. The number of likely N-dealkylation sites (N-methyl/N-ethyl adjacent to an activating group) is 1. The Hall–Kier alpha value is -1.67. The number of pyridine rings is 1. The molecular weight excluding hydrogens is 270 g/mol. The third-order valence-electron chi connectivity index (χ3n) is 3.46. The van der Waals surface area contributed by atoms with Gasteiger partial charge in [-0.15, -0.1) is 0 Å². The number of rotatable bonds is 1. The van der Waals surface area contributed by atoms with E-state index in [4.69, 9.17) is 8.92 Å². The van der Waals surface area contributed by atoms with E-state index in [1.807, 2.05) is 12.1 Å². The van der Waals surface area contributed by atoms with E-state index in [-0.39, 0.29) is 28.9 Å².